The highest BCUT2D eigenvalue weighted by molar-refractivity contribution is 7.14. The Morgan fingerprint density at radius 3 is 2.52 bits per heavy atom. The second kappa shape index (κ2) is 8.91. The van der Waals surface area contributed by atoms with Gasteiger partial charge in [-0.15, -0.1) is 11.3 Å². The average Bonchev–Trinajstić information content (AvgIpc) is 3.17. The van der Waals surface area contributed by atoms with Crippen molar-refractivity contribution in [1.82, 2.24) is 9.88 Å². The predicted molar refractivity (Wildman–Crippen MR) is 105 cm³/mol. The van der Waals surface area contributed by atoms with Crippen molar-refractivity contribution in [2.75, 3.05) is 32.7 Å². The van der Waals surface area contributed by atoms with Gasteiger partial charge in [0.1, 0.15) is 0 Å². The SMILES string of the molecule is COc1cc2c(cc1OC)CN(C(=O)COC(=O)c1csc(NC(C)=O)n1)CC2. The molecule has 2 aromatic rings. The Hall–Kier alpha value is -3.14. The standard InChI is InChI=1S/C19H21N3O6S/c1-11(23)20-19-21-14(10-29-19)18(25)28-9-17(24)22-5-4-12-6-15(26-2)16(27-3)7-13(12)8-22/h6-7,10H,4-5,8-9H2,1-3H3,(H,20,21,23). The molecule has 1 aliphatic rings. The lowest BCUT2D eigenvalue weighted by Gasteiger charge is -2.29. The van der Waals surface area contributed by atoms with E-state index in [-0.39, 0.29) is 24.1 Å². The highest BCUT2D eigenvalue weighted by Crippen LogP contribution is 2.33. The quantitative estimate of drug-likeness (QED) is 0.712. The van der Waals surface area contributed by atoms with E-state index in [0.29, 0.717) is 36.1 Å². The van der Waals surface area contributed by atoms with E-state index < -0.39 is 5.97 Å². The van der Waals surface area contributed by atoms with Gasteiger partial charge in [-0.3, -0.25) is 9.59 Å². The third kappa shape index (κ3) is 4.83. The molecule has 0 spiro atoms. The van der Waals surface area contributed by atoms with Crippen molar-refractivity contribution in [2.45, 2.75) is 19.9 Å². The van der Waals surface area contributed by atoms with Crippen LogP contribution in [-0.4, -0.2) is 55.0 Å². The van der Waals surface area contributed by atoms with Crippen LogP contribution in [0.3, 0.4) is 0 Å². The van der Waals surface area contributed by atoms with E-state index in [0.717, 1.165) is 22.5 Å². The maximum Gasteiger partial charge on any atom is 0.358 e. The monoisotopic (exact) mass is 419 g/mol. The van der Waals surface area contributed by atoms with Crippen LogP contribution in [0.5, 0.6) is 11.5 Å². The van der Waals surface area contributed by atoms with E-state index in [1.165, 1.54) is 12.3 Å². The van der Waals surface area contributed by atoms with Gasteiger partial charge < -0.3 is 24.4 Å². The average molecular weight is 419 g/mol. The molecule has 0 atom stereocenters. The molecule has 2 amide bonds. The number of hydrogen-bond donors (Lipinski definition) is 1. The summed E-state index contributed by atoms with van der Waals surface area (Å²) in [5.41, 5.74) is 2.11. The van der Waals surface area contributed by atoms with E-state index in [2.05, 4.69) is 10.3 Å². The molecule has 154 valence electrons. The number of anilines is 1. The molecule has 1 N–H and O–H groups in total. The van der Waals surface area contributed by atoms with Gasteiger partial charge in [0.25, 0.3) is 5.91 Å². The number of nitrogens with zero attached hydrogens (tertiary/aromatic N) is 2. The first kappa shape index (κ1) is 20.6. The fourth-order valence-electron chi connectivity index (χ4n) is 2.96. The minimum atomic E-state index is -0.713. The third-order valence-electron chi connectivity index (χ3n) is 4.39. The molecule has 0 fully saturated rings. The Balaban J connectivity index is 1.58. The van der Waals surface area contributed by atoms with Crippen LogP contribution in [0.15, 0.2) is 17.5 Å². The fraction of sp³-hybridized carbons (Fsp3) is 0.368. The number of aromatic nitrogens is 1. The maximum absolute atomic E-state index is 12.5. The first-order valence-electron chi connectivity index (χ1n) is 8.83. The van der Waals surface area contributed by atoms with Gasteiger partial charge in [-0.2, -0.15) is 0 Å². The Morgan fingerprint density at radius 1 is 1.17 bits per heavy atom. The number of nitrogens with one attached hydrogen (secondary N) is 1. The van der Waals surface area contributed by atoms with Crippen molar-refractivity contribution in [3.05, 3.63) is 34.3 Å². The summed E-state index contributed by atoms with van der Waals surface area (Å²) in [5.74, 6) is -0.0347. The molecule has 0 saturated heterocycles. The number of methoxy groups -OCH3 is 2. The zero-order valence-electron chi connectivity index (χ0n) is 16.3. The number of benzene rings is 1. The highest BCUT2D eigenvalue weighted by Gasteiger charge is 2.24. The minimum Gasteiger partial charge on any atom is -0.493 e. The number of carbonyl (C=O) groups excluding carboxylic acids is 3. The minimum absolute atomic E-state index is 0.0485. The molecule has 2 heterocycles. The molecule has 0 saturated carbocycles. The highest BCUT2D eigenvalue weighted by atomic mass is 32.1. The topological polar surface area (TPSA) is 107 Å². The molecule has 29 heavy (non-hydrogen) atoms. The van der Waals surface area contributed by atoms with E-state index >= 15 is 0 Å². The molecule has 1 aromatic heterocycles. The maximum atomic E-state index is 12.5. The summed E-state index contributed by atoms with van der Waals surface area (Å²) in [6, 6.07) is 3.78. The van der Waals surface area contributed by atoms with Crippen molar-refractivity contribution < 1.29 is 28.6 Å². The molecule has 0 aliphatic carbocycles. The van der Waals surface area contributed by atoms with Crippen molar-refractivity contribution in [2.24, 2.45) is 0 Å². The molecule has 0 radical (unpaired) electrons. The Labute approximate surface area is 171 Å². The van der Waals surface area contributed by atoms with Crippen LogP contribution >= 0.6 is 11.3 Å². The van der Waals surface area contributed by atoms with Crippen LogP contribution in [0.2, 0.25) is 0 Å². The number of rotatable bonds is 6. The van der Waals surface area contributed by atoms with Gasteiger partial charge in [-0.1, -0.05) is 0 Å². The van der Waals surface area contributed by atoms with Gasteiger partial charge in [0.05, 0.1) is 14.2 Å². The third-order valence-corrected chi connectivity index (χ3v) is 5.15. The Morgan fingerprint density at radius 2 is 1.86 bits per heavy atom. The number of thiazole rings is 1. The molecule has 9 nitrogen and oxygen atoms in total. The lowest BCUT2D eigenvalue weighted by Crippen LogP contribution is -2.38. The normalized spacial score (nSPS) is 12.7. The second-order valence-corrected chi connectivity index (χ2v) is 7.19. The van der Waals surface area contributed by atoms with Crippen LogP contribution in [-0.2, 0) is 27.3 Å². The molecule has 0 unspecified atom stereocenters. The fourth-order valence-corrected chi connectivity index (χ4v) is 3.69. The number of ether oxygens (including phenoxy) is 3. The van der Waals surface area contributed by atoms with Crippen LogP contribution in [0.4, 0.5) is 5.13 Å². The number of fused-ring (bicyclic) bond motifs is 1. The van der Waals surface area contributed by atoms with E-state index in [1.807, 2.05) is 12.1 Å². The summed E-state index contributed by atoms with van der Waals surface area (Å²) in [5, 5.41) is 4.26. The van der Waals surface area contributed by atoms with Crippen LogP contribution < -0.4 is 14.8 Å². The van der Waals surface area contributed by atoms with Crippen molar-refractivity contribution in [3.8, 4) is 11.5 Å². The van der Waals surface area contributed by atoms with E-state index in [4.69, 9.17) is 14.2 Å². The molecule has 10 heteroatoms. The summed E-state index contributed by atoms with van der Waals surface area (Å²) in [7, 11) is 3.14. The molecule has 1 aromatic carbocycles. The molecular weight excluding hydrogens is 398 g/mol. The first-order valence-corrected chi connectivity index (χ1v) is 9.71. The van der Waals surface area contributed by atoms with Crippen molar-refractivity contribution >= 4 is 34.3 Å². The van der Waals surface area contributed by atoms with E-state index in [1.54, 1.807) is 19.1 Å². The van der Waals surface area contributed by atoms with Crippen molar-refractivity contribution in [1.29, 1.82) is 0 Å². The summed E-state index contributed by atoms with van der Waals surface area (Å²) in [6.45, 7) is 1.88. The van der Waals surface area contributed by atoms with Crippen LogP contribution in [0.1, 0.15) is 28.5 Å². The van der Waals surface area contributed by atoms with Gasteiger partial charge in [0.15, 0.2) is 28.9 Å². The lowest BCUT2D eigenvalue weighted by atomic mass is 9.99. The van der Waals surface area contributed by atoms with Crippen molar-refractivity contribution in [3.63, 3.8) is 0 Å². The number of hydrogen-bond acceptors (Lipinski definition) is 8. The summed E-state index contributed by atoms with van der Waals surface area (Å²) in [6.07, 6.45) is 0.668. The van der Waals surface area contributed by atoms with E-state index in [9.17, 15) is 14.4 Å². The number of amides is 2. The molecular formula is C19H21N3O6S. The Bertz CT molecular complexity index is 942. The number of esters is 1. The number of carbonyl (C=O) groups is 3. The van der Waals surface area contributed by atoms with Gasteiger partial charge in [-0.25, -0.2) is 9.78 Å². The molecule has 3 rings (SSSR count). The lowest BCUT2D eigenvalue weighted by molar-refractivity contribution is -0.135. The smallest absolute Gasteiger partial charge is 0.358 e. The second-order valence-electron chi connectivity index (χ2n) is 6.34. The zero-order chi connectivity index (χ0) is 21.0. The van der Waals surface area contributed by atoms with Crippen LogP contribution in [0, 0.1) is 0 Å². The Kier molecular flexibility index (Phi) is 6.32. The van der Waals surface area contributed by atoms with Gasteiger partial charge >= 0.3 is 5.97 Å². The van der Waals surface area contributed by atoms with Crippen LogP contribution in [0.25, 0.3) is 0 Å². The largest absolute Gasteiger partial charge is 0.493 e. The summed E-state index contributed by atoms with van der Waals surface area (Å²) < 4.78 is 15.7. The van der Waals surface area contributed by atoms with Gasteiger partial charge in [-0.05, 0) is 29.7 Å². The zero-order valence-corrected chi connectivity index (χ0v) is 17.1. The summed E-state index contributed by atoms with van der Waals surface area (Å²) in [4.78, 5) is 41.2. The molecule has 1 aliphatic heterocycles. The van der Waals surface area contributed by atoms with Gasteiger partial charge in [0.2, 0.25) is 5.91 Å². The predicted octanol–water partition coefficient (Wildman–Crippen LogP) is 1.86. The van der Waals surface area contributed by atoms with Gasteiger partial charge in [0, 0.05) is 25.4 Å². The summed E-state index contributed by atoms with van der Waals surface area (Å²) >= 11 is 1.11. The molecule has 0 bridgehead atoms. The first-order chi connectivity index (χ1) is 13.9.